The fraction of sp³-hybridized carbons (Fsp3) is 0.0952. The van der Waals surface area contributed by atoms with Crippen molar-refractivity contribution in [3.8, 4) is 0 Å². The molecule has 5 nitrogen and oxygen atoms in total. The van der Waals surface area contributed by atoms with E-state index in [2.05, 4.69) is 26.0 Å². The Hall–Kier alpha value is -2.62. The first-order valence-corrected chi connectivity index (χ1v) is 11.1. The van der Waals surface area contributed by atoms with Crippen LogP contribution < -0.4 is 10.0 Å². The van der Waals surface area contributed by atoms with E-state index in [-0.39, 0.29) is 17.0 Å². The summed E-state index contributed by atoms with van der Waals surface area (Å²) in [5.74, 6) is -2.88. The van der Waals surface area contributed by atoms with Crippen LogP contribution in [0.2, 0.25) is 0 Å². The van der Waals surface area contributed by atoms with Crippen LogP contribution in [0.3, 0.4) is 0 Å². The van der Waals surface area contributed by atoms with Gasteiger partial charge in [-0.15, -0.1) is 0 Å². The van der Waals surface area contributed by atoms with Crippen molar-refractivity contribution in [3.05, 3.63) is 94.5 Å². The van der Waals surface area contributed by atoms with Crippen molar-refractivity contribution < 1.29 is 22.0 Å². The van der Waals surface area contributed by atoms with Gasteiger partial charge in [0.25, 0.3) is 0 Å². The van der Waals surface area contributed by atoms with Gasteiger partial charge in [0, 0.05) is 16.2 Å². The summed E-state index contributed by atoms with van der Waals surface area (Å²) in [6.45, 7) is 0. The summed E-state index contributed by atoms with van der Waals surface area (Å²) in [6, 6.07) is 16.5. The third kappa shape index (κ3) is 5.71. The Morgan fingerprint density at radius 2 is 1.60 bits per heavy atom. The minimum absolute atomic E-state index is 0.00983. The van der Waals surface area contributed by atoms with Gasteiger partial charge in [0.05, 0.1) is 4.90 Å². The number of benzene rings is 3. The van der Waals surface area contributed by atoms with Crippen molar-refractivity contribution in [2.45, 2.75) is 17.4 Å². The zero-order valence-corrected chi connectivity index (χ0v) is 17.9. The molecule has 0 saturated carbocycles. The molecule has 3 aromatic carbocycles. The number of carbonyl (C=O) groups excluding carboxylic acids is 1. The molecule has 0 aliphatic heterocycles. The second-order valence-electron chi connectivity index (χ2n) is 6.44. The molecule has 0 fully saturated rings. The van der Waals surface area contributed by atoms with Crippen LogP contribution in [0.4, 0.5) is 14.5 Å². The number of amides is 1. The first-order valence-electron chi connectivity index (χ1n) is 8.82. The molecule has 0 heterocycles. The summed E-state index contributed by atoms with van der Waals surface area (Å²) in [7, 11) is -4.01. The molecule has 0 saturated heterocycles. The third-order valence-corrected chi connectivity index (χ3v) is 6.22. The summed E-state index contributed by atoms with van der Waals surface area (Å²) in [6.07, 6.45) is 0.0616. The van der Waals surface area contributed by atoms with Gasteiger partial charge in [-0.1, -0.05) is 46.3 Å². The summed E-state index contributed by atoms with van der Waals surface area (Å²) in [5.41, 5.74) is 0.737. The van der Waals surface area contributed by atoms with Crippen molar-refractivity contribution in [1.29, 1.82) is 0 Å². The van der Waals surface area contributed by atoms with Crippen LogP contribution >= 0.6 is 15.9 Å². The standard InChI is InChI=1S/C21H17BrF2N2O3S/c22-15-6-9-17(10-7-15)30(28,29)26-20(12-14-4-2-1-3-5-14)21(27)25-16-8-11-18(23)19(24)13-16/h1-11,13,20,26H,12H2,(H,25,27)/t20-/m1/s1. The molecule has 0 unspecified atom stereocenters. The van der Waals surface area contributed by atoms with Gasteiger partial charge in [-0.2, -0.15) is 4.72 Å². The second kappa shape index (κ2) is 9.46. The van der Waals surface area contributed by atoms with Crippen LogP contribution in [0.25, 0.3) is 0 Å². The Bertz CT molecular complexity index is 1140. The van der Waals surface area contributed by atoms with Crippen molar-refractivity contribution in [3.63, 3.8) is 0 Å². The fourth-order valence-corrected chi connectivity index (χ4v) is 4.17. The molecule has 0 aliphatic carbocycles. The number of sulfonamides is 1. The Labute approximate surface area is 181 Å². The molecule has 0 bridgehead atoms. The maximum Gasteiger partial charge on any atom is 0.242 e. The molecule has 30 heavy (non-hydrogen) atoms. The molecule has 3 rings (SSSR count). The quantitative estimate of drug-likeness (QED) is 0.515. The summed E-state index contributed by atoms with van der Waals surface area (Å²) in [4.78, 5) is 12.8. The first kappa shape index (κ1) is 22.1. The molecule has 0 aromatic heterocycles. The van der Waals surface area contributed by atoms with Gasteiger partial charge < -0.3 is 5.32 Å². The number of nitrogens with one attached hydrogen (secondary N) is 2. The minimum Gasteiger partial charge on any atom is -0.325 e. The normalized spacial score (nSPS) is 12.4. The van der Waals surface area contributed by atoms with Gasteiger partial charge >= 0.3 is 0 Å². The summed E-state index contributed by atoms with van der Waals surface area (Å²) >= 11 is 3.24. The van der Waals surface area contributed by atoms with Crippen LogP contribution in [0.15, 0.2) is 82.2 Å². The van der Waals surface area contributed by atoms with Crippen molar-refractivity contribution in [2.24, 2.45) is 0 Å². The lowest BCUT2D eigenvalue weighted by Crippen LogP contribution is -2.45. The molecule has 3 aromatic rings. The molecular weight excluding hydrogens is 478 g/mol. The smallest absolute Gasteiger partial charge is 0.242 e. The van der Waals surface area contributed by atoms with Crippen LogP contribution in [0, 0.1) is 11.6 Å². The maximum atomic E-state index is 13.5. The highest BCUT2D eigenvalue weighted by Crippen LogP contribution is 2.17. The highest BCUT2D eigenvalue weighted by atomic mass is 79.9. The van der Waals surface area contributed by atoms with Crippen LogP contribution in [0.5, 0.6) is 0 Å². The average Bonchev–Trinajstić information content (AvgIpc) is 2.71. The summed E-state index contributed by atoms with van der Waals surface area (Å²) in [5, 5.41) is 2.43. The highest BCUT2D eigenvalue weighted by Gasteiger charge is 2.26. The van der Waals surface area contributed by atoms with E-state index in [0.717, 1.165) is 17.7 Å². The molecule has 0 spiro atoms. The lowest BCUT2D eigenvalue weighted by Gasteiger charge is -2.19. The Kier molecular flexibility index (Phi) is 6.96. The number of carbonyl (C=O) groups is 1. The van der Waals surface area contributed by atoms with Gasteiger partial charge in [-0.25, -0.2) is 17.2 Å². The van der Waals surface area contributed by atoms with E-state index in [9.17, 15) is 22.0 Å². The zero-order chi connectivity index (χ0) is 21.7. The molecule has 0 aliphatic rings. The third-order valence-electron chi connectivity index (χ3n) is 4.21. The van der Waals surface area contributed by atoms with Crippen molar-refractivity contribution in [2.75, 3.05) is 5.32 Å². The first-order chi connectivity index (χ1) is 14.2. The maximum absolute atomic E-state index is 13.5. The number of halogens is 3. The molecule has 1 atom stereocenters. The van der Waals surface area contributed by atoms with Crippen LogP contribution in [-0.4, -0.2) is 20.4 Å². The Morgan fingerprint density at radius 1 is 0.933 bits per heavy atom. The topological polar surface area (TPSA) is 75.3 Å². The van der Waals surface area contributed by atoms with Gasteiger partial charge in [0.2, 0.25) is 15.9 Å². The Balaban J connectivity index is 1.86. The number of rotatable bonds is 7. The van der Waals surface area contributed by atoms with Crippen LogP contribution in [0.1, 0.15) is 5.56 Å². The SMILES string of the molecule is O=C(Nc1ccc(F)c(F)c1)[C@@H](Cc1ccccc1)NS(=O)(=O)c1ccc(Br)cc1. The monoisotopic (exact) mass is 494 g/mol. The Morgan fingerprint density at radius 3 is 2.23 bits per heavy atom. The van der Waals surface area contributed by atoms with E-state index in [1.54, 1.807) is 42.5 Å². The van der Waals surface area contributed by atoms with Gasteiger partial charge in [-0.05, 0) is 48.4 Å². The fourth-order valence-electron chi connectivity index (χ4n) is 2.71. The zero-order valence-electron chi connectivity index (χ0n) is 15.5. The van der Waals surface area contributed by atoms with Gasteiger partial charge in [0.15, 0.2) is 11.6 Å². The molecule has 1 amide bonds. The predicted octanol–water partition coefficient (Wildman–Crippen LogP) is 4.26. The number of hydrogen-bond acceptors (Lipinski definition) is 3. The van der Waals surface area contributed by atoms with E-state index in [4.69, 9.17) is 0 Å². The van der Waals surface area contributed by atoms with Crippen molar-refractivity contribution >= 4 is 37.5 Å². The second-order valence-corrected chi connectivity index (χ2v) is 9.07. The predicted molar refractivity (Wildman–Crippen MR) is 113 cm³/mol. The number of anilines is 1. The average molecular weight is 495 g/mol. The lowest BCUT2D eigenvalue weighted by molar-refractivity contribution is -0.117. The highest BCUT2D eigenvalue weighted by molar-refractivity contribution is 9.10. The molecule has 9 heteroatoms. The lowest BCUT2D eigenvalue weighted by atomic mass is 10.1. The number of hydrogen-bond donors (Lipinski definition) is 2. The van der Waals surface area contributed by atoms with Crippen LogP contribution in [-0.2, 0) is 21.2 Å². The summed E-state index contributed by atoms with van der Waals surface area (Å²) < 4.78 is 55.3. The van der Waals surface area contributed by atoms with Gasteiger partial charge in [-0.3, -0.25) is 4.79 Å². The van der Waals surface area contributed by atoms with E-state index in [1.807, 2.05) is 0 Å². The van der Waals surface area contributed by atoms with E-state index in [0.29, 0.717) is 4.47 Å². The molecular formula is C21H17BrF2N2O3S. The largest absolute Gasteiger partial charge is 0.325 e. The van der Waals surface area contributed by atoms with E-state index >= 15 is 0 Å². The molecule has 156 valence electrons. The molecule has 2 N–H and O–H groups in total. The van der Waals surface area contributed by atoms with E-state index < -0.39 is 33.6 Å². The van der Waals surface area contributed by atoms with E-state index in [1.165, 1.54) is 18.2 Å². The minimum atomic E-state index is -4.01. The van der Waals surface area contributed by atoms with Crippen molar-refractivity contribution in [1.82, 2.24) is 4.72 Å². The van der Waals surface area contributed by atoms with Gasteiger partial charge in [0.1, 0.15) is 6.04 Å². The molecule has 0 radical (unpaired) electrons.